The third kappa shape index (κ3) is 4.28. The molecule has 17 heavy (non-hydrogen) atoms. The molecule has 0 saturated carbocycles. The highest BCUT2D eigenvalue weighted by Crippen LogP contribution is 2.00. The molecule has 1 rings (SSSR count). The average molecular weight is 240 g/mol. The molecule has 0 fully saturated rings. The molecule has 1 aromatic heterocycles. The van der Waals surface area contributed by atoms with Gasteiger partial charge in [-0.15, -0.1) is 0 Å². The van der Waals surface area contributed by atoms with E-state index in [9.17, 15) is 9.59 Å². The van der Waals surface area contributed by atoms with Gasteiger partial charge in [0, 0.05) is 0 Å². The lowest BCUT2D eigenvalue weighted by atomic mass is 10.1. The Bertz CT molecular complexity index is 384. The third-order valence-corrected chi connectivity index (χ3v) is 2.06. The lowest BCUT2D eigenvalue weighted by Gasteiger charge is -2.22. The molecule has 0 atom stereocenters. The zero-order valence-corrected chi connectivity index (χ0v) is 9.82. The number of carbonyl (C=O) groups excluding carboxylic acids is 2. The van der Waals surface area contributed by atoms with E-state index in [4.69, 9.17) is 9.52 Å². The molecule has 0 radical (unpaired) electrons. The molecule has 6 nitrogen and oxygen atoms in total. The summed E-state index contributed by atoms with van der Waals surface area (Å²) in [6.07, 6.45) is 1.48. The summed E-state index contributed by atoms with van der Waals surface area (Å²) in [6.45, 7) is 3.14. The predicted molar refractivity (Wildman–Crippen MR) is 59.9 cm³/mol. The molecule has 0 aliphatic carbocycles. The van der Waals surface area contributed by atoms with E-state index in [2.05, 4.69) is 10.6 Å². The quantitative estimate of drug-likeness (QED) is 0.635. The highest BCUT2D eigenvalue weighted by Gasteiger charge is 2.23. The van der Waals surface area contributed by atoms with Crippen molar-refractivity contribution in [1.82, 2.24) is 10.6 Å². The minimum Gasteiger partial charge on any atom is -0.467 e. The number of carbonyl (C=O) groups is 2. The van der Waals surface area contributed by atoms with Crippen molar-refractivity contribution in [2.45, 2.75) is 25.9 Å². The fraction of sp³-hybridized carbons (Fsp3) is 0.455. The van der Waals surface area contributed by atoms with Gasteiger partial charge in [0.05, 0.1) is 25.0 Å². The van der Waals surface area contributed by atoms with Crippen molar-refractivity contribution in [2.24, 2.45) is 0 Å². The first-order valence-corrected chi connectivity index (χ1v) is 5.18. The molecule has 1 aromatic rings. The minimum absolute atomic E-state index is 0.152. The van der Waals surface area contributed by atoms with Crippen LogP contribution in [0.2, 0.25) is 0 Å². The SMILES string of the molecule is CC(C)(CO)NC(=O)C(=O)NCc1ccco1. The normalized spacial score (nSPS) is 11.0. The number of hydrogen-bond acceptors (Lipinski definition) is 4. The summed E-state index contributed by atoms with van der Waals surface area (Å²) in [5.41, 5.74) is -0.820. The van der Waals surface area contributed by atoms with Gasteiger partial charge in [-0.2, -0.15) is 0 Å². The molecule has 2 amide bonds. The van der Waals surface area contributed by atoms with Crippen LogP contribution < -0.4 is 10.6 Å². The standard InChI is InChI=1S/C11H16N2O4/c1-11(2,7-14)13-10(16)9(15)12-6-8-4-3-5-17-8/h3-5,14H,6-7H2,1-2H3,(H,12,15)(H,13,16). The van der Waals surface area contributed by atoms with Crippen molar-refractivity contribution < 1.29 is 19.1 Å². The van der Waals surface area contributed by atoms with Crippen molar-refractivity contribution in [1.29, 1.82) is 0 Å². The number of furan rings is 1. The monoisotopic (exact) mass is 240 g/mol. The molecular weight excluding hydrogens is 224 g/mol. The van der Waals surface area contributed by atoms with Gasteiger partial charge in [-0.25, -0.2) is 0 Å². The van der Waals surface area contributed by atoms with Crippen LogP contribution in [0.25, 0.3) is 0 Å². The highest BCUT2D eigenvalue weighted by molar-refractivity contribution is 6.35. The van der Waals surface area contributed by atoms with E-state index in [0.717, 1.165) is 0 Å². The van der Waals surface area contributed by atoms with Gasteiger partial charge in [0.25, 0.3) is 0 Å². The van der Waals surface area contributed by atoms with Gasteiger partial charge in [-0.3, -0.25) is 9.59 Å². The van der Waals surface area contributed by atoms with E-state index < -0.39 is 17.4 Å². The van der Waals surface area contributed by atoms with E-state index in [1.165, 1.54) is 6.26 Å². The lowest BCUT2D eigenvalue weighted by Crippen LogP contribution is -2.51. The molecule has 0 unspecified atom stereocenters. The Labute approximate surface area is 99.0 Å². The van der Waals surface area contributed by atoms with Crippen molar-refractivity contribution in [3.8, 4) is 0 Å². The van der Waals surface area contributed by atoms with Gasteiger partial charge in [0.1, 0.15) is 5.76 Å². The molecule has 3 N–H and O–H groups in total. The molecule has 1 heterocycles. The Hall–Kier alpha value is -1.82. The van der Waals surface area contributed by atoms with Crippen LogP contribution >= 0.6 is 0 Å². The largest absolute Gasteiger partial charge is 0.467 e. The average Bonchev–Trinajstić information content (AvgIpc) is 2.78. The molecule has 0 spiro atoms. The predicted octanol–water partition coefficient (Wildman–Crippen LogP) is -0.217. The number of hydrogen-bond donors (Lipinski definition) is 3. The number of nitrogens with one attached hydrogen (secondary N) is 2. The van der Waals surface area contributed by atoms with Crippen molar-refractivity contribution in [3.63, 3.8) is 0 Å². The molecule has 94 valence electrons. The smallest absolute Gasteiger partial charge is 0.309 e. The van der Waals surface area contributed by atoms with Crippen LogP contribution in [0.15, 0.2) is 22.8 Å². The topological polar surface area (TPSA) is 91.6 Å². The Morgan fingerprint density at radius 1 is 1.41 bits per heavy atom. The fourth-order valence-corrected chi connectivity index (χ4v) is 1.06. The van der Waals surface area contributed by atoms with Crippen molar-refractivity contribution in [2.75, 3.05) is 6.61 Å². The maximum Gasteiger partial charge on any atom is 0.309 e. The van der Waals surface area contributed by atoms with Crippen LogP contribution in [0, 0.1) is 0 Å². The van der Waals surface area contributed by atoms with Crippen molar-refractivity contribution >= 4 is 11.8 Å². The first-order valence-electron chi connectivity index (χ1n) is 5.18. The van der Waals surface area contributed by atoms with Crippen LogP contribution in [-0.2, 0) is 16.1 Å². The molecule has 0 aromatic carbocycles. The Balaban J connectivity index is 2.40. The zero-order valence-electron chi connectivity index (χ0n) is 9.82. The summed E-state index contributed by atoms with van der Waals surface area (Å²) < 4.78 is 5.00. The number of rotatable bonds is 4. The van der Waals surface area contributed by atoms with Crippen molar-refractivity contribution in [3.05, 3.63) is 24.2 Å². The van der Waals surface area contributed by atoms with E-state index in [-0.39, 0.29) is 13.2 Å². The summed E-state index contributed by atoms with van der Waals surface area (Å²) in [5, 5.41) is 13.8. The summed E-state index contributed by atoms with van der Waals surface area (Å²) in [4.78, 5) is 22.8. The second-order valence-electron chi connectivity index (χ2n) is 4.26. The highest BCUT2D eigenvalue weighted by atomic mass is 16.3. The second kappa shape index (κ2) is 5.49. The third-order valence-electron chi connectivity index (χ3n) is 2.06. The summed E-state index contributed by atoms with van der Waals surface area (Å²) in [7, 11) is 0. The van der Waals surface area contributed by atoms with E-state index >= 15 is 0 Å². The summed E-state index contributed by atoms with van der Waals surface area (Å²) in [5.74, 6) is -0.980. The lowest BCUT2D eigenvalue weighted by molar-refractivity contribution is -0.140. The second-order valence-corrected chi connectivity index (χ2v) is 4.26. The van der Waals surface area contributed by atoms with Gasteiger partial charge in [0.2, 0.25) is 0 Å². The van der Waals surface area contributed by atoms with Gasteiger partial charge >= 0.3 is 11.8 Å². The van der Waals surface area contributed by atoms with Gasteiger partial charge < -0.3 is 20.2 Å². The fourth-order valence-electron chi connectivity index (χ4n) is 1.06. The molecule has 0 saturated heterocycles. The van der Waals surface area contributed by atoms with Crippen LogP contribution in [0.5, 0.6) is 0 Å². The van der Waals surface area contributed by atoms with Gasteiger partial charge in [0.15, 0.2) is 0 Å². The molecule has 6 heteroatoms. The summed E-state index contributed by atoms with van der Waals surface area (Å²) in [6, 6.07) is 3.38. The Kier molecular flexibility index (Phi) is 4.28. The molecule has 0 aliphatic rings. The Morgan fingerprint density at radius 3 is 2.65 bits per heavy atom. The minimum atomic E-state index is -0.820. The maximum absolute atomic E-state index is 11.4. The Morgan fingerprint density at radius 2 is 2.12 bits per heavy atom. The van der Waals surface area contributed by atoms with E-state index in [0.29, 0.717) is 5.76 Å². The van der Waals surface area contributed by atoms with Gasteiger partial charge in [-0.05, 0) is 26.0 Å². The molecule has 0 aliphatic heterocycles. The van der Waals surface area contributed by atoms with Crippen LogP contribution in [0.3, 0.4) is 0 Å². The van der Waals surface area contributed by atoms with Crippen LogP contribution in [-0.4, -0.2) is 29.1 Å². The molecule has 0 bridgehead atoms. The number of aliphatic hydroxyl groups is 1. The number of aliphatic hydroxyl groups excluding tert-OH is 1. The van der Waals surface area contributed by atoms with E-state index in [1.807, 2.05) is 0 Å². The zero-order chi connectivity index (χ0) is 12.9. The molecular formula is C11H16N2O4. The first kappa shape index (κ1) is 13.2. The summed E-state index contributed by atoms with van der Waals surface area (Å²) >= 11 is 0. The van der Waals surface area contributed by atoms with Crippen LogP contribution in [0.1, 0.15) is 19.6 Å². The van der Waals surface area contributed by atoms with Gasteiger partial charge in [-0.1, -0.05) is 0 Å². The first-order chi connectivity index (χ1) is 7.94. The number of amides is 2. The maximum atomic E-state index is 11.4. The van der Waals surface area contributed by atoms with Crippen LogP contribution in [0.4, 0.5) is 0 Å². The van der Waals surface area contributed by atoms with E-state index in [1.54, 1.807) is 26.0 Å².